The summed E-state index contributed by atoms with van der Waals surface area (Å²) in [6.07, 6.45) is 1.63. The Morgan fingerprint density at radius 2 is 2.10 bits per heavy atom. The Labute approximate surface area is 125 Å². The molecule has 118 valence electrons. The number of nitrogens with zero attached hydrogens (tertiary/aromatic N) is 2. The largest absolute Gasteiger partial charge is 0.385 e. The molecule has 0 atom stereocenters. The maximum Gasteiger partial charge on any atom is 0.272 e. The van der Waals surface area contributed by atoms with E-state index in [0.717, 1.165) is 0 Å². The summed E-state index contributed by atoms with van der Waals surface area (Å²) in [5.41, 5.74) is 0.963. The highest BCUT2D eigenvalue weighted by atomic mass is 16.5. The van der Waals surface area contributed by atoms with Crippen molar-refractivity contribution in [3.8, 4) is 0 Å². The van der Waals surface area contributed by atoms with Crippen LogP contribution in [0.4, 0.5) is 5.69 Å². The van der Waals surface area contributed by atoms with E-state index in [2.05, 4.69) is 20.6 Å². The first-order valence-corrected chi connectivity index (χ1v) is 6.99. The number of amides is 1. The highest BCUT2D eigenvalue weighted by Gasteiger charge is 2.15. The Balaban J connectivity index is 2.57. The summed E-state index contributed by atoms with van der Waals surface area (Å²) >= 11 is 0. The van der Waals surface area contributed by atoms with Gasteiger partial charge in [0.25, 0.3) is 5.91 Å². The van der Waals surface area contributed by atoms with Crippen LogP contribution in [-0.4, -0.2) is 56.4 Å². The lowest BCUT2D eigenvalue weighted by Crippen LogP contribution is -2.29. The van der Waals surface area contributed by atoms with E-state index >= 15 is 0 Å². The van der Waals surface area contributed by atoms with Crippen molar-refractivity contribution in [3.63, 3.8) is 0 Å². The molecular weight excluding hydrogens is 272 g/mol. The summed E-state index contributed by atoms with van der Waals surface area (Å²) < 4.78 is 10.2. The summed E-state index contributed by atoms with van der Waals surface area (Å²) in [5.74, 6) is 0.578. The first kappa shape index (κ1) is 17.3. The molecule has 0 saturated carbocycles. The summed E-state index contributed by atoms with van der Waals surface area (Å²) in [5, 5.41) is 5.71. The maximum atomic E-state index is 12.2. The average Bonchev–Trinajstić information content (AvgIpc) is 2.49. The van der Waals surface area contributed by atoms with Crippen LogP contribution in [0.25, 0.3) is 0 Å². The van der Waals surface area contributed by atoms with Gasteiger partial charge in [0.1, 0.15) is 5.82 Å². The van der Waals surface area contributed by atoms with Gasteiger partial charge in [-0.1, -0.05) is 13.8 Å². The number of carbonyl (C=O) groups excluding carboxylic acids is 1. The molecule has 7 nitrogen and oxygen atoms in total. The van der Waals surface area contributed by atoms with Crippen LogP contribution in [-0.2, 0) is 9.47 Å². The molecule has 0 aliphatic heterocycles. The molecule has 0 bridgehead atoms. The van der Waals surface area contributed by atoms with Crippen molar-refractivity contribution in [1.82, 2.24) is 15.3 Å². The predicted octanol–water partition coefficient (Wildman–Crippen LogP) is 1.03. The minimum atomic E-state index is -0.237. The zero-order valence-corrected chi connectivity index (χ0v) is 13.1. The molecule has 7 heteroatoms. The topological polar surface area (TPSA) is 85.4 Å². The Morgan fingerprint density at radius 1 is 1.33 bits per heavy atom. The second-order valence-electron chi connectivity index (χ2n) is 4.76. The van der Waals surface area contributed by atoms with Gasteiger partial charge in [-0.2, -0.15) is 0 Å². The third kappa shape index (κ3) is 5.65. The fourth-order valence-corrected chi connectivity index (χ4v) is 1.59. The van der Waals surface area contributed by atoms with Crippen LogP contribution in [0.5, 0.6) is 0 Å². The van der Waals surface area contributed by atoms with Crippen molar-refractivity contribution in [2.75, 3.05) is 45.8 Å². The van der Waals surface area contributed by atoms with Crippen LogP contribution in [0.2, 0.25) is 0 Å². The van der Waals surface area contributed by atoms with Gasteiger partial charge < -0.3 is 20.1 Å². The number of nitrogens with one attached hydrogen (secondary N) is 2. The minimum absolute atomic E-state index is 0.167. The van der Waals surface area contributed by atoms with Gasteiger partial charge in [-0.3, -0.25) is 4.79 Å². The Hall–Kier alpha value is -1.73. The molecule has 0 unspecified atom stereocenters. The molecule has 0 aliphatic rings. The van der Waals surface area contributed by atoms with Gasteiger partial charge >= 0.3 is 0 Å². The van der Waals surface area contributed by atoms with Crippen LogP contribution < -0.4 is 10.6 Å². The SMILES string of the molecule is CNc1cnc(C(C)C)nc1C(=O)NCCOCCOC. The smallest absolute Gasteiger partial charge is 0.272 e. The van der Waals surface area contributed by atoms with Gasteiger partial charge in [-0.25, -0.2) is 9.97 Å². The second kappa shape index (κ2) is 9.25. The molecule has 1 aromatic rings. The molecule has 0 aromatic carbocycles. The van der Waals surface area contributed by atoms with Crippen molar-refractivity contribution >= 4 is 11.6 Å². The van der Waals surface area contributed by atoms with Gasteiger partial charge in [-0.05, 0) is 0 Å². The van der Waals surface area contributed by atoms with Gasteiger partial charge in [0, 0.05) is 26.6 Å². The highest BCUT2D eigenvalue weighted by molar-refractivity contribution is 5.97. The number of hydrogen-bond acceptors (Lipinski definition) is 6. The highest BCUT2D eigenvalue weighted by Crippen LogP contribution is 2.15. The molecule has 0 aliphatic carbocycles. The van der Waals surface area contributed by atoms with Gasteiger partial charge in [0.05, 0.1) is 31.7 Å². The van der Waals surface area contributed by atoms with E-state index in [1.807, 2.05) is 13.8 Å². The molecular formula is C14H24N4O3. The van der Waals surface area contributed by atoms with Crippen LogP contribution in [0.3, 0.4) is 0 Å². The van der Waals surface area contributed by atoms with E-state index in [1.54, 1.807) is 20.4 Å². The molecule has 1 aromatic heterocycles. The molecule has 1 rings (SSSR count). The van der Waals surface area contributed by atoms with Gasteiger partial charge in [0.2, 0.25) is 0 Å². The molecule has 1 heterocycles. The second-order valence-corrected chi connectivity index (χ2v) is 4.76. The minimum Gasteiger partial charge on any atom is -0.385 e. The summed E-state index contributed by atoms with van der Waals surface area (Å²) in [6, 6.07) is 0. The number of ether oxygens (including phenoxy) is 2. The Morgan fingerprint density at radius 3 is 2.71 bits per heavy atom. The van der Waals surface area contributed by atoms with Crippen molar-refractivity contribution < 1.29 is 14.3 Å². The van der Waals surface area contributed by atoms with E-state index < -0.39 is 0 Å². The summed E-state index contributed by atoms with van der Waals surface area (Å²) in [4.78, 5) is 20.7. The Kier molecular flexibility index (Phi) is 7.63. The molecule has 0 fully saturated rings. The summed E-state index contributed by atoms with van der Waals surface area (Å²) in [6.45, 7) is 5.89. The Bertz CT molecular complexity index is 452. The van der Waals surface area contributed by atoms with Crippen LogP contribution in [0.1, 0.15) is 36.1 Å². The quantitative estimate of drug-likeness (QED) is 0.662. The number of aromatic nitrogens is 2. The van der Waals surface area contributed by atoms with E-state index in [4.69, 9.17) is 9.47 Å². The first-order chi connectivity index (χ1) is 10.1. The van der Waals surface area contributed by atoms with E-state index in [-0.39, 0.29) is 11.8 Å². The average molecular weight is 296 g/mol. The lowest BCUT2D eigenvalue weighted by molar-refractivity contribution is 0.0692. The molecule has 1 amide bonds. The third-order valence-electron chi connectivity index (χ3n) is 2.77. The molecule has 21 heavy (non-hydrogen) atoms. The number of methoxy groups -OCH3 is 1. The van der Waals surface area contributed by atoms with Crippen molar-refractivity contribution in [2.24, 2.45) is 0 Å². The molecule has 0 radical (unpaired) electrons. The van der Waals surface area contributed by atoms with Crippen molar-refractivity contribution in [1.29, 1.82) is 0 Å². The summed E-state index contributed by atoms with van der Waals surface area (Å²) in [7, 11) is 3.35. The third-order valence-corrected chi connectivity index (χ3v) is 2.77. The zero-order chi connectivity index (χ0) is 15.7. The van der Waals surface area contributed by atoms with E-state index in [0.29, 0.717) is 43.6 Å². The van der Waals surface area contributed by atoms with E-state index in [1.165, 1.54) is 0 Å². The van der Waals surface area contributed by atoms with Crippen molar-refractivity contribution in [2.45, 2.75) is 19.8 Å². The van der Waals surface area contributed by atoms with Crippen molar-refractivity contribution in [3.05, 3.63) is 17.7 Å². The maximum absolute atomic E-state index is 12.2. The predicted molar refractivity (Wildman–Crippen MR) is 80.7 cm³/mol. The molecule has 2 N–H and O–H groups in total. The van der Waals surface area contributed by atoms with Gasteiger partial charge in [-0.15, -0.1) is 0 Å². The number of rotatable bonds is 9. The zero-order valence-electron chi connectivity index (χ0n) is 13.1. The standard InChI is InChI=1S/C14H24N4O3/c1-10(2)13-17-9-11(15-3)12(18-13)14(19)16-5-6-21-8-7-20-4/h9-10,15H,5-8H2,1-4H3,(H,16,19). The van der Waals surface area contributed by atoms with E-state index in [9.17, 15) is 4.79 Å². The van der Waals surface area contributed by atoms with Crippen LogP contribution in [0, 0.1) is 0 Å². The molecule has 0 spiro atoms. The first-order valence-electron chi connectivity index (χ1n) is 6.99. The van der Waals surface area contributed by atoms with Crippen LogP contribution in [0.15, 0.2) is 6.20 Å². The van der Waals surface area contributed by atoms with Crippen LogP contribution >= 0.6 is 0 Å². The van der Waals surface area contributed by atoms with Gasteiger partial charge in [0.15, 0.2) is 5.69 Å². The molecule has 0 saturated heterocycles. The number of carbonyl (C=O) groups is 1. The lowest BCUT2D eigenvalue weighted by Gasteiger charge is -2.11. The monoisotopic (exact) mass is 296 g/mol. The number of hydrogen-bond donors (Lipinski definition) is 2. The fourth-order valence-electron chi connectivity index (χ4n) is 1.59. The number of anilines is 1. The lowest BCUT2D eigenvalue weighted by atomic mass is 10.2. The fraction of sp³-hybridized carbons (Fsp3) is 0.643. The normalized spacial score (nSPS) is 10.7.